The Labute approximate surface area is 132 Å². The Morgan fingerprint density at radius 3 is 2.70 bits per heavy atom. The highest BCUT2D eigenvalue weighted by molar-refractivity contribution is 6.09. The molecule has 2 aromatic heterocycles. The fourth-order valence-electron chi connectivity index (χ4n) is 3.05. The molecule has 5 heteroatoms. The lowest BCUT2D eigenvalue weighted by molar-refractivity contribution is 0.0697. The minimum atomic E-state index is -0.924. The summed E-state index contributed by atoms with van der Waals surface area (Å²) in [6, 6.07) is 13.4. The lowest BCUT2D eigenvalue weighted by atomic mass is 10.1. The maximum absolute atomic E-state index is 11.3. The standard InChI is InChI=1S/C18H15N3O2/c1-11-4-3-5-13(8-11)21-16-7-6-12(18(22)23)9-14(16)15-10-20(2)19-17(15)21/h3-10H,1-2H3,(H,22,23). The summed E-state index contributed by atoms with van der Waals surface area (Å²) in [5.41, 5.74) is 4.25. The molecule has 4 aromatic rings. The van der Waals surface area contributed by atoms with Crippen LogP contribution in [0.3, 0.4) is 0 Å². The van der Waals surface area contributed by atoms with E-state index in [-0.39, 0.29) is 5.56 Å². The highest BCUT2D eigenvalue weighted by Gasteiger charge is 2.17. The first-order valence-corrected chi connectivity index (χ1v) is 7.33. The molecule has 0 amide bonds. The largest absolute Gasteiger partial charge is 0.478 e. The SMILES string of the molecule is Cc1cccc(-n2c3ccc(C(=O)O)cc3c3cn(C)nc32)c1. The number of carboxylic acid groups (broad SMARTS) is 1. The molecular formula is C18H15N3O2. The third-order valence-corrected chi connectivity index (χ3v) is 4.06. The van der Waals surface area contributed by atoms with E-state index in [1.54, 1.807) is 16.8 Å². The summed E-state index contributed by atoms with van der Waals surface area (Å²) in [4.78, 5) is 11.3. The maximum Gasteiger partial charge on any atom is 0.335 e. The first kappa shape index (κ1) is 13.6. The van der Waals surface area contributed by atoms with Crippen LogP contribution < -0.4 is 0 Å². The predicted molar refractivity (Wildman–Crippen MR) is 89.2 cm³/mol. The Hall–Kier alpha value is -3.08. The molecule has 23 heavy (non-hydrogen) atoms. The van der Waals surface area contributed by atoms with Gasteiger partial charge in [-0.2, -0.15) is 5.10 Å². The van der Waals surface area contributed by atoms with Crippen molar-refractivity contribution in [1.29, 1.82) is 0 Å². The molecule has 2 heterocycles. The maximum atomic E-state index is 11.3. The number of fused-ring (bicyclic) bond motifs is 3. The zero-order valence-electron chi connectivity index (χ0n) is 12.8. The van der Waals surface area contributed by atoms with Crippen LogP contribution in [0.2, 0.25) is 0 Å². The minimum Gasteiger partial charge on any atom is -0.478 e. The van der Waals surface area contributed by atoms with Crippen LogP contribution in [0, 0.1) is 6.92 Å². The molecule has 0 radical (unpaired) electrons. The smallest absolute Gasteiger partial charge is 0.335 e. The molecule has 5 nitrogen and oxygen atoms in total. The van der Waals surface area contributed by atoms with Gasteiger partial charge in [0, 0.05) is 29.7 Å². The van der Waals surface area contributed by atoms with Gasteiger partial charge in [-0.25, -0.2) is 4.79 Å². The summed E-state index contributed by atoms with van der Waals surface area (Å²) in [6.07, 6.45) is 1.93. The van der Waals surface area contributed by atoms with Gasteiger partial charge in [-0.15, -0.1) is 0 Å². The van der Waals surface area contributed by atoms with Crippen molar-refractivity contribution in [2.24, 2.45) is 7.05 Å². The van der Waals surface area contributed by atoms with Crippen LogP contribution in [0.4, 0.5) is 0 Å². The molecule has 1 N–H and O–H groups in total. The number of benzene rings is 2. The first-order valence-electron chi connectivity index (χ1n) is 7.33. The van der Waals surface area contributed by atoms with E-state index in [0.717, 1.165) is 33.2 Å². The van der Waals surface area contributed by atoms with E-state index < -0.39 is 5.97 Å². The number of aryl methyl sites for hydroxylation is 2. The normalized spacial score (nSPS) is 11.4. The van der Waals surface area contributed by atoms with Gasteiger partial charge in [0.15, 0.2) is 5.65 Å². The Bertz CT molecular complexity index is 1070. The minimum absolute atomic E-state index is 0.282. The average molecular weight is 305 g/mol. The molecule has 0 atom stereocenters. The summed E-state index contributed by atoms with van der Waals surface area (Å²) < 4.78 is 3.83. The van der Waals surface area contributed by atoms with Crippen molar-refractivity contribution in [2.75, 3.05) is 0 Å². The molecule has 2 aromatic carbocycles. The second-order valence-electron chi connectivity index (χ2n) is 5.75. The van der Waals surface area contributed by atoms with Gasteiger partial charge in [-0.3, -0.25) is 9.25 Å². The van der Waals surface area contributed by atoms with Crippen molar-refractivity contribution in [3.63, 3.8) is 0 Å². The second kappa shape index (κ2) is 4.71. The number of nitrogens with zero attached hydrogens (tertiary/aromatic N) is 3. The number of aromatic carboxylic acids is 1. The molecule has 0 saturated carbocycles. The predicted octanol–water partition coefficient (Wildman–Crippen LogP) is 3.52. The molecule has 0 saturated heterocycles. The second-order valence-corrected chi connectivity index (χ2v) is 5.75. The molecule has 0 aliphatic rings. The first-order chi connectivity index (χ1) is 11.0. The van der Waals surface area contributed by atoms with Gasteiger partial charge >= 0.3 is 5.97 Å². The molecule has 0 fully saturated rings. The highest BCUT2D eigenvalue weighted by atomic mass is 16.4. The van der Waals surface area contributed by atoms with E-state index in [0.29, 0.717) is 0 Å². The number of rotatable bonds is 2. The Morgan fingerprint density at radius 2 is 1.96 bits per heavy atom. The summed E-state index contributed by atoms with van der Waals surface area (Å²) in [7, 11) is 1.87. The Morgan fingerprint density at radius 1 is 1.13 bits per heavy atom. The van der Waals surface area contributed by atoms with Crippen LogP contribution in [-0.4, -0.2) is 25.4 Å². The average Bonchev–Trinajstić information content (AvgIpc) is 3.01. The molecule has 0 unspecified atom stereocenters. The molecule has 0 aliphatic heterocycles. The summed E-state index contributed by atoms with van der Waals surface area (Å²) in [5, 5.41) is 15.7. The lowest BCUT2D eigenvalue weighted by Gasteiger charge is -2.07. The molecular weight excluding hydrogens is 290 g/mol. The van der Waals surface area contributed by atoms with Crippen LogP contribution >= 0.6 is 0 Å². The Kier molecular flexibility index (Phi) is 2.78. The van der Waals surface area contributed by atoms with Crippen LogP contribution in [0.15, 0.2) is 48.7 Å². The topological polar surface area (TPSA) is 60.1 Å². The molecule has 0 spiro atoms. The van der Waals surface area contributed by atoms with Gasteiger partial charge in [0.1, 0.15) is 0 Å². The van der Waals surface area contributed by atoms with Gasteiger partial charge in [0.25, 0.3) is 0 Å². The summed E-state index contributed by atoms with van der Waals surface area (Å²) in [6.45, 7) is 2.05. The van der Waals surface area contributed by atoms with Crippen molar-refractivity contribution < 1.29 is 9.90 Å². The zero-order valence-corrected chi connectivity index (χ0v) is 12.8. The molecule has 0 bridgehead atoms. The third kappa shape index (κ3) is 2.01. The van der Waals surface area contributed by atoms with Crippen LogP contribution in [0.1, 0.15) is 15.9 Å². The molecule has 0 aliphatic carbocycles. The van der Waals surface area contributed by atoms with E-state index in [4.69, 9.17) is 0 Å². The van der Waals surface area contributed by atoms with Crippen molar-refractivity contribution in [3.05, 3.63) is 59.8 Å². The van der Waals surface area contributed by atoms with E-state index in [1.807, 2.05) is 44.4 Å². The van der Waals surface area contributed by atoms with E-state index >= 15 is 0 Å². The van der Waals surface area contributed by atoms with Crippen molar-refractivity contribution >= 4 is 27.9 Å². The fraction of sp³-hybridized carbons (Fsp3) is 0.111. The van der Waals surface area contributed by atoms with E-state index in [1.165, 1.54) is 0 Å². The molecule has 4 rings (SSSR count). The number of carboxylic acids is 1. The quantitative estimate of drug-likeness (QED) is 0.616. The summed E-state index contributed by atoms with van der Waals surface area (Å²) >= 11 is 0. The van der Waals surface area contributed by atoms with Crippen molar-refractivity contribution in [2.45, 2.75) is 6.92 Å². The number of carbonyl (C=O) groups is 1. The van der Waals surface area contributed by atoms with Crippen LogP contribution in [0.25, 0.3) is 27.6 Å². The third-order valence-electron chi connectivity index (χ3n) is 4.06. The highest BCUT2D eigenvalue weighted by Crippen LogP contribution is 2.32. The van der Waals surface area contributed by atoms with Crippen molar-refractivity contribution in [3.8, 4) is 5.69 Å². The fourth-order valence-corrected chi connectivity index (χ4v) is 3.05. The number of aromatic nitrogens is 3. The zero-order chi connectivity index (χ0) is 16.1. The van der Waals surface area contributed by atoms with E-state index in [2.05, 4.69) is 15.7 Å². The molecule has 114 valence electrons. The summed E-state index contributed by atoms with van der Waals surface area (Å²) in [5.74, 6) is -0.924. The van der Waals surface area contributed by atoms with Gasteiger partial charge < -0.3 is 5.11 Å². The van der Waals surface area contributed by atoms with Gasteiger partial charge in [0.2, 0.25) is 0 Å². The van der Waals surface area contributed by atoms with Crippen LogP contribution in [-0.2, 0) is 7.05 Å². The van der Waals surface area contributed by atoms with Crippen LogP contribution in [0.5, 0.6) is 0 Å². The number of hydrogen-bond acceptors (Lipinski definition) is 2. The lowest BCUT2D eigenvalue weighted by Crippen LogP contribution is -1.98. The van der Waals surface area contributed by atoms with Gasteiger partial charge in [0.05, 0.1) is 11.1 Å². The van der Waals surface area contributed by atoms with Crippen molar-refractivity contribution in [1.82, 2.24) is 14.3 Å². The monoisotopic (exact) mass is 305 g/mol. The Balaban J connectivity index is 2.14. The van der Waals surface area contributed by atoms with Gasteiger partial charge in [-0.05, 0) is 42.8 Å². The van der Waals surface area contributed by atoms with Gasteiger partial charge in [-0.1, -0.05) is 12.1 Å². The van der Waals surface area contributed by atoms with E-state index in [9.17, 15) is 9.90 Å². The number of hydrogen-bond donors (Lipinski definition) is 1.